The van der Waals surface area contributed by atoms with Crippen LogP contribution in [0.15, 0.2) is 28.0 Å². The molecule has 1 rings (SSSR count). The highest BCUT2D eigenvalue weighted by Crippen LogP contribution is 2.14. The number of hydrogen-bond acceptors (Lipinski definition) is 3. The minimum absolute atomic E-state index is 0.125. The van der Waals surface area contributed by atoms with Crippen LogP contribution < -0.4 is 5.56 Å². The molecule has 1 N–H and O–H groups in total. The van der Waals surface area contributed by atoms with Crippen LogP contribution in [0.1, 0.15) is 20.8 Å². The van der Waals surface area contributed by atoms with Crippen LogP contribution in [0.25, 0.3) is 0 Å². The Hall–Kier alpha value is -1.14. The lowest BCUT2D eigenvalue weighted by atomic mass is 10.2. The summed E-state index contributed by atoms with van der Waals surface area (Å²) in [7, 11) is -3.50. The third kappa shape index (κ3) is 3.41. The highest BCUT2D eigenvalue weighted by atomic mass is 32.2. The number of nitrogens with zero attached hydrogens (tertiary/aromatic N) is 1. The van der Waals surface area contributed by atoms with Crippen LogP contribution in [0, 0.1) is 5.92 Å². The van der Waals surface area contributed by atoms with Crippen LogP contribution >= 0.6 is 0 Å². The normalized spacial score (nSPS) is 12.3. The van der Waals surface area contributed by atoms with Crippen LogP contribution in [0.4, 0.5) is 0 Å². The van der Waals surface area contributed by atoms with Gasteiger partial charge >= 0.3 is 0 Å². The van der Waals surface area contributed by atoms with Crippen molar-refractivity contribution in [1.29, 1.82) is 0 Å². The lowest BCUT2D eigenvalue weighted by molar-refractivity contribution is 0.380. The molecule has 1 heterocycles. The topological polar surface area (TPSA) is 70.2 Å². The zero-order valence-corrected chi connectivity index (χ0v) is 11.1. The molecule has 6 heteroatoms. The van der Waals surface area contributed by atoms with E-state index in [1.54, 1.807) is 6.92 Å². The summed E-state index contributed by atoms with van der Waals surface area (Å²) in [5.74, 6) is 0.257. The fraction of sp³-hybridized carbons (Fsp3) is 0.545. The quantitative estimate of drug-likeness (QED) is 0.858. The van der Waals surface area contributed by atoms with E-state index in [0.717, 1.165) is 0 Å². The molecule has 0 fully saturated rings. The third-order valence-electron chi connectivity index (χ3n) is 2.31. The summed E-state index contributed by atoms with van der Waals surface area (Å²) in [6.45, 7) is 6.61. The third-order valence-corrected chi connectivity index (χ3v) is 4.25. The maximum atomic E-state index is 12.2. The van der Waals surface area contributed by atoms with Gasteiger partial charge in [0.2, 0.25) is 15.6 Å². The Bertz CT molecular complexity index is 499. The zero-order chi connectivity index (χ0) is 13.1. The van der Waals surface area contributed by atoms with Crippen molar-refractivity contribution in [2.45, 2.75) is 25.7 Å². The van der Waals surface area contributed by atoms with E-state index in [1.165, 1.54) is 22.6 Å². The van der Waals surface area contributed by atoms with Crippen LogP contribution in [-0.2, 0) is 10.0 Å². The minimum Gasteiger partial charge on any atom is -0.328 e. The van der Waals surface area contributed by atoms with Crippen molar-refractivity contribution < 1.29 is 8.42 Å². The molecule has 1 aromatic heterocycles. The maximum Gasteiger partial charge on any atom is 0.247 e. The summed E-state index contributed by atoms with van der Waals surface area (Å²) in [5, 5.41) is 0. The maximum absolute atomic E-state index is 12.2. The Morgan fingerprint density at radius 2 is 2.00 bits per heavy atom. The molecule has 17 heavy (non-hydrogen) atoms. The van der Waals surface area contributed by atoms with Gasteiger partial charge in [-0.3, -0.25) is 4.79 Å². The summed E-state index contributed by atoms with van der Waals surface area (Å²) < 4.78 is 25.8. The average molecular weight is 258 g/mol. The second kappa shape index (κ2) is 5.46. The van der Waals surface area contributed by atoms with Gasteiger partial charge in [0.15, 0.2) is 0 Å². The number of aromatic nitrogens is 1. The second-order valence-electron chi connectivity index (χ2n) is 4.24. The fourth-order valence-electron chi connectivity index (χ4n) is 1.51. The van der Waals surface area contributed by atoms with Crippen LogP contribution in [0.2, 0.25) is 0 Å². The van der Waals surface area contributed by atoms with Crippen molar-refractivity contribution in [3.63, 3.8) is 0 Å². The first-order chi connectivity index (χ1) is 7.87. The lowest BCUT2D eigenvalue weighted by Gasteiger charge is -2.22. The molecule has 0 unspecified atom stereocenters. The molecule has 0 amide bonds. The highest BCUT2D eigenvalue weighted by Gasteiger charge is 2.23. The molecule has 96 valence electrons. The van der Waals surface area contributed by atoms with Gasteiger partial charge in [-0.2, -0.15) is 4.31 Å². The van der Waals surface area contributed by atoms with Gasteiger partial charge < -0.3 is 4.98 Å². The molecule has 1 aromatic rings. The van der Waals surface area contributed by atoms with Crippen LogP contribution in [-0.4, -0.2) is 30.8 Å². The van der Waals surface area contributed by atoms with Gasteiger partial charge in [0.05, 0.1) is 4.90 Å². The molecule has 0 radical (unpaired) electrons. The number of hydrogen-bond donors (Lipinski definition) is 1. The van der Waals surface area contributed by atoms with Crippen LogP contribution in [0.5, 0.6) is 0 Å². The summed E-state index contributed by atoms with van der Waals surface area (Å²) in [5.41, 5.74) is -0.309. The molecule has 0 atom stereocenters. The lowest BCUT2D eigenvalue weighted by Crippen LogP contribution is -2.34. The molecule has 0 aliphatic heterocycles. The largest absolute Gasteiger partial charge is 0.328 e. The molecular weight excluding hydrogens is 240 g/mol. The number of pyridine rings is 1. The van der Waals surface area contributed by atoms with Gasteiger partial charge in [0, 0.05) is 25.4 Å². The van der Waals surface area contributed by atoms with Crippen molar-refractivity contribution in [2.24, 2.45) is 5.92 Å². The summed E-state index contributed by atoms with van der Waals surface area (Å²) in [6.07, 6.45) is 1.24. The Morgan fingerprint density at radius 1 is 1.35 bits per heavy atom. The first kappa shape index (κ1) is 13.9. The van der Waals surface area contributed by atoms with E-state index < -0.39 is 10.0 Å². The molecule has 0 aliphatic carbocycles. The smallest absolute Gasteiger partial charge is 0.247 e. The van der Waals surface area contributed by atoms with Crippen molar-refractivity contribution in [1.82, 2.24) is 9.29 Å². The molecule has 0 saturated heterocycles. The monoisotopic (exact) mass is 258 g/mol. The predicted octanol–water partition coefficient (Wildman–Crippen LogP) is 1.04. The van der Waals surface area contributed by atoms with Gasteiger partial charge in [-0.1, -0.05) is 20.8 Å². The predicted molar refractivity (Wildman–Crippen MR) is 66.3 cm³/mol. The first-order valence-electron chi connectivity index (χ1n) is 5.56. The Labute approximate surface area is 102 Å². The van der Waals surface area contributed by atoms with Crippen molar-refractivity contribution >= 4 is 10.0 Å². The molecular formula is C11H18N2O3S. The van der Waals surface area contributed by atoms with Gasteiger partial charge in [0.25, 0.3) is 0 Å². The fourth-order valence-corrected chi connectivity index (χ4v) is 3.09. The zero-order valence-electron chi connectivity index (χ0n) is 10.3. The second-order valence-corrected chi connectivity index (χ2v) is 6.18. The molecule has 5 nitrogen and oxygen atoms in total. The molecule has 0 saturated carbocycles. The van der Waals surface area contributed by atoms with E-state index >= 15 is 0 Å². The average Bonchev–Trinajstić information content (AvgIpc) is 2.26. The van der Waals surface area contributed by atoms with E-state index in [0.29, 0.717) is 13.1 Å². The molecule has 0 aromatic carbocycles. The van der Waals surface area contributed by atoms with Gasteiger partial charge in [-0.15, -0.1) is 0 Å². The van der Waals surface area contributed by atoms with Crippen molar-refractivity contribution in [2.75, 3.05) is 13.1 Å². The summed E-state index contributed by atoms with van der Waals surface area (Å²) in [6, 6.07) is 2.55. The Morgan fingerprint density at radius 3 is 2.41 bits per heavy atom. The SMILES string of the molecule is CCN(CC(C)C)S(=O)(=O)c1ccc(=O)[nH]c1. The minimum atomic E-state index is -3.50. The van der Waals surface area contributed by atoms with Crippen LogP contribution in [0.3, 0.4) is 0 Å². The van der Waals surface area contributed by atoms with E-state index in [9.17, 15) is 13.2 Å². The van der Waals surface area contributed by atoms with Gasteiger partial charge in [-0.05, 0) is 12.0 Å². The van der Waals surface area contributed by atoms with E-state index in [2.05, 4.69) is 4.98 Å². The standard InChI is InChI=1S/C11H18N2O3S/c1-4-13(8-9(2)3)17(15,16)10-5-6-11(14)12-7-10/h5-7,9H,4,8H2,1-3H3,(H,12,14). The number of nitrogens with one attached hydrogen (secondary N) is 1. The summed E-state index contributed by atoms with van der Waals surface area (Å²) in [4.78, 5) is 13.4. The summed E-state index contributed by atoms with van der Waals surface area (Å²) >= 11 is 0. The molecule has 0 aliphatic rings. The molecule has 0 spiro atoms. The number of H-pyrrole nitrogens is 1. The Balaban J connectivity index is 3.08. The van der Waals surface area contributed by atoms with E-state index in [1.807, 2.05) is 13.8 Å². The number of aromatic amines is 1. The number of rotatable bonds is 5. The van der Waals surface area contributed by atoms with Gasteiger partial charge in [0.1, 0.15) is 0 Å². The van der Waals surface area contributed by atoms with Crippen molar-refractivity contribution in [3.05, 3.63) is 28.7 Å². The van der Waals surface area contributed by atoms with E-state index in [4.69, 9.17) is 0 Å². The number of sulfonamides is 1. The first-order valence-corrected chi connectivity index (χ1v) is 7.00. The Kier molecular flexibility index (Phi) is 4.47. The highest BCUT2D eigenvalue weighted by molar-refractivity contribution is 7.89. The van der Waals surface area contributed by atoms with Crippen molar-refractivity contribution in [3.8, 4) is 0 Å². The van der Waals surface area contributed by atoms with E-state index in [-0.39, 0.29) is 16.4 Å². The van der Waals surface area contributed by atoms with Gasteiger partial charge in [-0.25, -0.2) is 8.42 Å². The molecule has 0 bridgehead atoms.